The number of pyridine rings is 1. The average Bonchev–Trinajstić information content (AvgIpc) is 2.83. The van der Waals surface area contributed by atoms with Gasteiger partial charge in [-0.15, -0.1) is 0 Å². The van der Waals surface area contributed by atoms with Gasteiger partial charge in [-0.05, 0) is 50.1 Å². The van der Waals surface area contributed by atoms with Gasteiger partial charge in [-0.25, -0.2) is 23.7 Å². The number of nitrogens with one attached hydrogen (secondary N) is 1. The first-order valence-electron chi connectivity index (χ1n) is 10.9. The number of hydrogen-bond acceptors (Lipinski definition) is 6. The van der Waals surface area contributed by atoms with Gasteiger partial charge >= 0.3 is 11.7 Å². The molecule has 35 heavy (non-hydrogen) atoms. The van der Waals surface area contributed by atoms with Crippen LogP contribution in [0.5, 0.6) is 0 Å². The summed E-state index contributed by atoms with van der Waals surface area (Å²) in [4.78, 5) is 57.0. The molecule has 178 valence electrons. The average molecular weight is 473 g/mol. The summed E-state index contributed by atoms with van der Waals surface area (Å²) in [6.07, 6.45) is 0. The highest BCUT2D eigenvalue weighted by molar-refractivity contribution is 6.02. The van der Waals surface area contributed by atoms with Crippen LogP contribution in [0, 0.1) is 20.8 Å². The number of rotatable bonds is 5. The molecular weight excluding hydrogens is 448 g/mol. The topological polar surface area (TPSA) is 112 Å². The van der Waals surface area contributed by atoms with E-state index in [1.54, 1.807) is 37.3 Å². The summed E-state index contributed by atoms with van der Waals surface area (Å²) in [5, 5.41) is 2.69. The van der Waals surface area contributed by atoms with Crippen molar-refractivity contribution in [3.8, 4) is 5.69 Å². The third-order valence-corrected chi connectivity index (χ3v) is 5.69. The number of ether oxygens (including phenoxy) is 1. The molecule has 0 aliphatic rings. The Bertz CT molecular complexity index is 1570. The predicted molar refractivity (Wildman–Crippen MR) is 132 cm³/mol. The molecule has 0 aliphatic heterocycles. The Morgan fingerprint density at radius 2 is 1.63 bits per heavy atom. The Hall–Kier alpha value is -4.53. The number of carbonyl (C=O) groups is 2. The lowest BCUT2D eigenvalue weighted by Gasteiger charge is -2.16. The molecule has 0 bridgehead atoms. The second-order valence-electron chi connectivity index (χ2n) is 8.16. The van der Waals surface area contributed by atoms with Gasteiger partial charge in [0.25, 0.3) is 5.56 Å². The summed E-state index contributed by atoms with van der Waals surface area (Å²) in [7, 11) is 1.20. The van der Waals surface area contributed by atoms with Crippen LogP contribution in [-0.2, 0) is 16.1 Å². The lowest BCUT2D eigenvalue weighted by Crippen LogP contribution is -2.43. The number of carbonyl (C=O) groups excluding carboxylic acids is 2. The number of aromatic nitrogens is 3. The quantitative estimate of drug-likeness (QED) is 0.447. The van der Waals surface area contributed by atoms with Crippen molar-refractivity contribution < 1.29 is 14.3 Å². The molecule has 2 aromatic carbocycles. The van der Waals surface area contributed by atoms with Gasteiger partial charge in [0.1, 0.15) is 6.54 Å². The van der Waals surface area contributed by atoms with E-state index in [4.69, 9.17) is 4.74 Å². The largest absolute Gasteiger partial charge is 0.465 e. The van der Waals surface area contributed by atoms with Gasteiger partial charge < -0.3 is 10.1 Å². The molecule has 0 saturated carbocycles. The zero-order chi connectivity index (χ0) is 25.3. The zero-order valence-corrected chi connectivity index (χ0v) is 19.8. The molecule has 9 heteroatoms. The van der Waals surface area contributed by atoms with Crippen LogP contribution in [-0.4, -0.2) is 33.1 Å². The Labute approximate surface area is 200 Å². The van der Waals surface area contributed by atoms with Gasteiger partial charge in [0.2, 0.25) is 5.91 Å². The molecule has 4 aromatic rings. The Balaban J connectivity index is 1.97. The summed E-state index contributed by atoms with van der Waals surface area (Å²) >= 11 is 0. The fourth-order valence-electron chi connectivity index (χ4n) is 4.02. The van der Waals surface area contributed by atoms with Crippen molar-refractivity contribution in [2.24, 2.45) is 0 Å². The first kappa shape index (κ1) is 23.6. The van der Waals surface area contributed by atoms with Crippen LogP contribution in [0.1, 0.15) is 27.2 Å². The summed E-state index contributed by atoms with van der Waals surface area (Å²) in [6, 6.07) is 15.6. The van der Waals surface area contributed by atoms with Gasteiger partial charge in [-0.1, -0.05) is 36.4 Å². The second-order valence-corrected chi connectivity index (χ2v) is 8.16. The molecule has 4 rings (SSSR count). The standard InChI is InChI=1S/C26H24N4O5/c1-15-9-8-10-16(2)22(15)28-20(31)14-29-24(32)21-19(25(33)35-4)13-17(3)27-23(21)30(26(29)34)18-11-6-5-7-12-18/h5-13H,14H2,1-4H3,(H,28,31). The molecule has 0 radical (unpaired) electrons. The lowest BCUT2D eigenvalue weighted by molar-refractivity contribution is -0.116. The highest BCUT2D eigenvalue weighted by Gasteiger charge is 2.24. The summed E-state index contributed by atoms with van der Waals surface area (Å²) in [5.41, 5.74) is 1.58. The smallest absolute Gasteiger partial charge is 0.338 e. The first-order chi connectivity index (χ1) is 16.7. The van der Waals surface area contributed by atoms with Gasteiger partial charge in [0.15, 0.2) is 5.65 Å². The van der Waals surface area contributed by atoms with Crippen molar-refractivity contribution >= 4 is 28.6 Å². The normalized spacial score (nSPS) is 10.9. The maximum atomic E-state index is 13.6. The number of esters is 1. The molecule has 0 atom stereocenters. The van der Waals surface area contributed by atoms with Crippen molar-refractivity contribution in [1.82, 2.24) is 14.1 Å². The van der Waals surface area contributed by atoms with E-state index >= 15 is 0 Å². The summed E-state index contributed by atoms with van der Waals surface area (Å²) in [6.45, 7) is 4.80. The monoisotopic (exact) mass is 472 g/mol. The summed E-state index contributed by atoms with van der Waals surface area (Å²) in [5.74, 6) is -1.30. The van der Waals surface area contributed by atoms with E-state index in [0.29, 0.717) is 17.1 Å². The summed E-state index contributed by atoms with van der Waals surface area (Å²) < 4.78 is 6.91. The van der Waals surface area contributed by atoms with Gasteiger partial charge in [-0.3, -0.25) is 9.59 Å². The van der Waals surface area contributed by atoms with E-state index in [2.05, 4.69) is 10.3 Å². The molecule has 2 aromatic heterocycles. The number of anilines is 1. The van der Waals surface area contributed by atoms with E-state index in [0.717, 1.165) is 15.7 Å². The van der Waals surface area contributed by atoms with E-state index in [9.17, 15) is 19.2 Å². The van der Waals surface area contributed by atoms with Crippen molar-refractivity contribution in [3.05, 3.63) is 97.8 Å². The molecule has 0 fully saturated rings. The third-order valence-electron chi connectivity index (χ3n) is 5.69. The molecular formula is C26H24N4O5. The van der Waals surface area contributed by atoms with Crippen LogP contribution < -0.4 is 16.6 Å². The number of para-hydroxylation sites is 2. The highest BCUT2D eigenvalue weighted by atomic mass is 16.5. The number of nitrogens with zero attached hydrogens (tertiary/aromatic N) is 3. The fraction of sp³-hybridized carbons (Fsp3) is 0.192. The van der Waals surface area contributed by atoms with Crippen LogP contribution in [0.3, 0.4) is 0 Å². The highest BCUT2D eigenvalue weighted by Crippen LogP contribution is 2.20. The van der Waals surface area contributed by atoms with Crippen LogP contribution in [0.2, 0.25) is 0 Å². The minimum absolute atomic E-state index is 0.0120. The number of hydrogen-bond donors (Lipinski definition) is 1. The second kappa shape index (κ2) is 9.38. The van der Waals surface area contributed by atoms with Crippen molar-refractivity contribution in [2.75, 3.05) is 12.4 Å². The first-order valence-corrected chi connectivity index (χ1v) is 10.9. The van der Waals surface area contributed by atoms with E-state index in [1.165, 1.54) is 17.7 Å². The molecule has 1 N–H and O–H groups in total. The predicted octanol–water partition coefficient (Wildman–Crippen LogP) is 2.90. The van der Waals surface area contributed by atoms with E-state index in [-0.39, 0.29) is 16.6 Å². The Morgan fingerprint density at radius 3 is 2.26 bits per heavy atom. The van der Waals surface area contributed by atoms with Gasteiger partial charge in [-0.2, -0.15) is 0 Å². The minimum atomic E-state index is -0.804. The lowest BCUT2D eigenvalue weighted by atomic mass is 10.1. The molecule has 0 saturated heterocycles. The van der Waals surface area contributed by atoms with Crippen molar-refractivity contribution in [2.45, 2.75) is 27.3 Å². The van der Waals surface area contributed by atoms with Crippen molar-refractivity contribution in [3.63, 3.8) is 0 Å². The maximum Gasteiger partial charge on any atom is 0.338 e. The van der Waals surface area contributed by atoms with Gasteiger partial charge in [0, 0.05) is 11.4 Å². The number of methoxy groups -OCH3 is 1. The SMILES string of the molecule is COC(=O)c1cc(C)nc2c1c(=O)n(CC(=O)Nc1c(C)cccc1C)c(=O)n2-c1ccccc1. The minimum Gasteiger partial charge on any atom is -0.465 e. The van der Waals surface area contributed by atoms with E-state index < -0.39 is 29.7 Å². The Morgan fingerprint density at radius 1 is 0.971 bits per heavy atom. The molecule has 0 aliphatic carbocycles. The number of aryl methyl sites for hydroxylation is 3. The van der Waals surface area contributed by atoms with Crippen LogP contribution in [0.15, 0.2) is 64.2 Å². The van der Waals surface area contributed by atoms with Gasteiger partial charge in [0.05, 0.1) is 23.7 Å². The fourth-order valence-corrected chi connectivity index (χ4v) is 4.02. The van der Waals surface area contributed by atoms with Crippen molar-refractivity contribution in [1.29, 1.82) is 0 Å². The van der Waals surface area contributed by atoms with E-state index in [1.807, 2.05) is 32.0 Å². The molecule has 1 amide bonds. The Kier molecular flexibility index (Phi) is 6.33. The number of benzene rings is 2. The number of amides is 1. The molecule has 9 nitrogen and oxygen atoms in total. The van der Waals surface area contributed by atoms with Crippen LogP contribution >= 0.6 is 0 Å². The third kappa shape index (κ3) is 4.35. The molecule has 0 unspecified atom stereocenters. The zero-order valence-electron chi connectivity index (χ0n) is 19.8. The maximum absolute atomic E-state index is 13.6. The van der Waals surface area contributed by atoms with Crippen LogP contribution in [0.4, 0.5) is 5.69 Å². The van der Waals surface area contributed by atoms with Crippen LogP contribution in [0.25, 0.3) is 16.7 Å². The number of fused-ring (bicyclic) bond motifs is 1. The molecule has 0 spiro atoms. The molecule has 2 heterocycles.